The van der Waals surface area contributed by atoms with E-state index >= 15 is 0 Å². The van der Waals surface area contributed by atoms with E-state index in [2.05, 4.69) is 34.1 Å². The Morgan fingerprint density at radius 3 is 2.96 bits per heavy atom. The molecule has 0 atom stereocenters. The average Bonchev–Trinajstić information content (AvgIpc) is 3.22. The SMILES string of the molecule is CC(C)N(CCNC(=O)c1cn2ncccc2n1)Cc1ccco1. The fourth-order valence-corrected chi connectivity index (χ4v) is 2.47. The van der Waals surface area contributed by atoms with Crippen molar-refractivity contribution in [2.24, 2.45) is 0 Å². The number of furan rings is 1. The molecule has 0 aliphatic carbocycles. The third-order valence-corrected chi connectivity index (χ3v) is 3.82. The summed E-state index contributed by atoms with van der Waals surface area (Å²) < 4.78 is 6.99. The lowest BCUT2D eigenvalue weighted by Crippen LogP contribution is -2.38. The van der Waals surface area contributed by atoms with E-state index in [-0.39, 0.29) is 5.91 Å². The molecule has 3 rings (SSSR count). The molecule has 0 spiro atoms. The van der Waals surface area contributed by atoms with Crippen LogP contribution in [0.3, 0.4) is 0 Å². The van der Waals surface area contributed by atoms with Crippen LogP contribution in [0, 0.1) is 0 Å². The van der Waals surface area contributed by atoms with Gasteiger partial charge in [0.15, 0.2) is 5.65 Å². The number of imidazole rings is 1. The van der Waals surface area contributed by atoms with Gasteiger partial charge in [-0.1, -0.05) is 0 Å². The third kappa shape index (κ3) is 3.80. The number of amides is 1. The van der Waals surface area contributed by atoms with Gasteiger partial charge < -0.3 is 9.73 Å². The average molecular weight is 327 g/mol. The lowest BCUT2D eigenvalue weighted by Gasteiger charge is -2.25. The molecule has 0 radical (unpaired) electrons. The molecule has 3 heterocycles. The van der Waals surface area contributed by atoms with E-state index in [1.54, 1.807) is 29.2 Å². The summed E-state index contributed by atoms with van der Waals surface area (Å²) in [6.07, 6.45) is 4.96. The van der Waals surface area contributed by atoms with Crippen LogP contribution in [0.25, 0.3) is 5.65 Å². The zero-order chi connectivity index (χ0) is 16.9. The first-order valence-corrected chi connectivity index (χ1v) is 7.98. The van der Waals surface area contributed by atoms with Gasteiger partial charge in [-0.2, -0.15) is 5.10 Å². The molecule has 0 unspecified atom stereocenters. The molecule has 0 fully saturated rings. The second-order valence-electron chi connectivity index (χ2n) is 5.85. The van der Waals surface area contributed by atoms with Crippen LogP contribution in [0.5, 0.6) is 0 Å². The Morgan fingerprint density at radius 2 is 2.25 bits per heavy atom. The lowest BCUT2D eigenvalue weighted by atomic mass is 10.3. The van der Waals surface area contributed by atoms with Crippen LogP contribution in [-0.2, 0) is 6.54 Å². The second-order valence-corrected chi connectivity index (χ2v) is 5.85. The fourth-order valence-electron chi connectivity index (χ4n) is 2.47. The van der Waals surface area contributed by atoms with Crippen molar-refractivity contribution in [2.45, 2.75) is 26.4 Å². The Labute approximate surface area is 140 Å². The maximum atomic E-state index is 12.2. The highest BCUT2D eigenvalue weighted by Crippen LogP contribution is 2.08. The van der Waals surface area contributed by atoms with Gasteiger partial charge >= 0.3 is 0 Å². The minimum absolute atomic E-state index is 0.192. The number of carbonyl (C=O) groups excluding carboxylic acids is 1. The van der Waals surface area contributed by atoms with Crippen LogP contribution in [0.2, 0.25) is 0 Å². The summed E-state index contributed by atoms with van der Waals surface area (Å²) >= 11 is 0. The number of nitrogens with zero attached hydrogens (tertiary/aromatic N) is 4. The third-order valence-electron chi connectivity index (χ3n) is 3.82. The fraction of sp³-hybridized carbons (Fsp3) is 0.353. The molecule has 0 aliphatic rings. The van der Waals surface area contributed by atoms with E-state index in [0.717, 1.165) is 18.8 Å². The highest BCUT2D eigenvalue weighted by Gasteiger charge is 2.14. The van der Waals surface area contributed by atoms with Crippen molar-refractivity contribution in [2.75, 3.05) is 13.1 Å². The molecular formula is C17H21N5O2. The molecular weight excluding hydrogens is 306 g/mol. The number of rotatable bonds is 7. The van der Waals surface area contributed by atoms with Gasteiger partial charge in [0.2, 0.25) is 0 Å². The Kier molecular flexibility index (Phi) is 4.90. The molecule has 1 amide bonds. The summed E-state index contributed by atoms with van der Waals surface area (Å²) in [6, 6.07) is 7.80. The van der Waals surface area contributed by atoms with Crippen molar-refractivity contribution in [3.05, 3.63) is 54.4 Å². The van der Waals surface area contributed by atoms with Gasteiger partial charge in [-0.25, -0.2) is 9.50 Å². The van der Waals surface area contributed by atoms with Gasteiger partial charge in [-0.05, 0) is 38.1 Å². The number of fused-ring (bicyclic) bond motifs is 1. The molecule has 7 heteroatoms. The number of nitrogens with one attached hydrogen (secondary N) is 1. The molecule has 1 N–H and O–H groups in total. The largest absolute Gasteiger partial charge is 0.468 e. The first kappa shape index (κ1) is 16.2. The predicted octanol–water partition coefficient (Wildman–Crippen LogP) is 1.96. The summed E-state index contributed by atoms with van der Waals surface area (Å²) in [4.78, 5) is 18.7. The van der Waals surface area contributed by atoms with Crippen molar-refractivity contribution in [3.8, 4) is 0 Å². The zero-order valence-electron chi connectivity index (χ0n) is 13.8. The maximum Gasteiger partial charge on any atom is 0.271 e. The monoisotopic (exact) mass is 327 g/mol. The van der Waals surface area contributed by atoms with Crippen LogP contribution >= 0.6 is 0 Å². The second kappa shape index (κ2) is 7.27. The van der Waals surface area contributed by atoms with Crippen molar-refractivity contribution in [3.63, 3.8) is 0 Å². The Morgan fingerprint density at radius 1 is 1.38 bits per heavy atom. The van der Waals surface area contributed by atoms with Gasteiger partial charge in [0.05, 0.1) is 19.0 Å². The smallest absolute Gasteiger partial charge is 0.271 e. The molecule has 0 bridgehead atoms. The topological polar surface area (TPSA) is 75.7 Å². The highest BCUT2D eigenvalue weighted by atomic mass is 16.3. The number of carbonyl (C=O) groups is 1. The van der Waals surface area contributed by atoms with Gasteiger partial charge in [0, 0.05) is 25.3 Å². The number of hydrogen-bond donors (Lipinski definition) is 1. The first-order chi connectivity index (χ1) is 11.6. The van der Waals surface area contributed by atoms with E-state index in [4.69, 9.17) is 4.42 Å². The maximum absolute atomic E-state index is 12.2. The van der Waals surface area contributed by atoms with Crippen LogP contribution in [-0.4, -0.2) is 44.5 Å². The Bertz CT molecular complexity index is 761. The van der Waals surface area contributed by atoms with E-state index in [0.29, 0.717) is 23.9 Å². The van der Waals surface area contributed by atoms with Crippen molar-refractivity contribution >= 4 is 11.6 Å². The molecule has 0 saturated heterocycles. The summed E-state index contributed by atoms with van der Waals surface area (Å²) in [5, 5.41) is 7.02. The quantitative estimate of drug-likeness (QED) is 0.718. The molecule has 0 aromatic carbocycles. The molecule has 0 aliphatic heterocycles. The minimum atomic E-state index is -0.192. The van der Waals surface area contributed by atoms with Gasteiger partial charge in [-0.3, -0.25) is 9.69 Å². The van der Waals surface area contributed by atoms with Crippen LogP contribution in [0.15, 0.2) is 47.3 Å². The Balaban J connectivity index is 1.55. The van der Waals surface area contributed by atoms with Crippen LogP contribution in [0.4, 0.5) is 0 Å². The molecule has 24 heavy (non-hydrogen) atoms. The molecule has 0 saturated carbocycles. The Hall–Kier alpha value is -2.67. The van der Waals surface area contributed by atoms with E-state index in [1.807, 2.05) is 18.2 Å². The van der Waals surface area contributed by atoms with E-state index in [1.165, 1.54) is 0 Å². The summed E-state index contributed by atoms with van der Waals surface area (Å²) in [5.74, 6) is 0.726. The molecule has 7 nitrogen and oxygen atoms in total. The normalized spacial score (nSPS) is 11.5. The van der Waals surface area contributed by atoms with Gasteiger partial charge in [0.25, 0.3) is 5.91 Å². The van der Waals surface area contributed by atoms with E-state index in [9.17, 15) is 4.79 Å². The minimum Gasteiger partial charge on any atom is -0.468 e. The predicted molar refractivity (Wildman–Crippen MR) is 89.6 cm³/mol. The first-order valence-electron chi connectivity index (χ1n) is 7.98. The van der Waals surface area contributed by atoms with Gasteiger partial charge in [0.1, 0.15) is 11.5 Å². The van der Waals surface area contributed by atoms with Crippen LogP contribution in [0.1, 0.15) is 30.1 Å². The summed E-state index contributed by atoms with van der Waals surface area (Å²) in [5.41, 5.74) is 1.03. The van der Waals surface area contributed by atoms with Crippen molar-refractivity contribution < 1.29 is 9.21 Å². The summed E-state index contributed by atoms with van der Waals surface area (Å²) in [6.45, 7) is 6.24. The highest BCUT2D eigenvalue weighted by molar-refractivity contribution is 5.92. The van der Waals surface area contributed by atoms with E-state index < -0.39 is 0 Å². The zero-order valence-corrected chi connectivity index (χ0v) is 13.8. The van der Waals surface area contributed by atoms with Crippen molar-refractivity contribution in [1.82, 2.24) is 24.8 Å². The standard InChI is InChI=1S/C17H21N5O2/c1-13(2)21(11-14-5-4-10-24-14)9-8-18-17(23)15-12-22-16(20-15)6-3-7-19-22/h3-7,10,12-13H,8-9,11H2,1-2H3,(H,18,23). The molecule has 3 aromatic rings. The van der Waals surface area contributed by atoms with Gasteiger partial charge in [-0.15, -0.1) is 0 Å². The molecule has 126 valence electrons. The number of hydrogen-bond acceptors (Lipinski definition) is 5. The summed E-state index contributed by atoms with van der Waals surface area (Å²) in [7, 11) is 0. The number of aromatic nitrogens is 3. The molecule has 3 aromatic heterocycles. The lowest BCUT2D eigenvalue weighted by molar-refractivity contribution is 0.0939. The van der Waals surface area contributed by atoms with Crippen LogP contribution < -0.4 is 5.32 Å². The van der Waals surface area contributed by atoms with Crippen molar-refractivity contribution in [1.29, 1.82) is 0 Å².